The summed E-state index contributed by atoms with van der Waals surface area (Å²) in [7, 11) is 1.60. The number of likely N-dealkylation sites (N-methyl/N-ethyl adjacent to an activating group) is 1. The average Bonchev–Trinajstić information content (AvgIpc) is 3.27. The van der Waals surface area contributed by atoms with E-state index < -0.39 is 111 Å². The van der Waals surface area contributed by atoms with Crippen molar-refractivity contribution in [2.45, 2.75) is 104 Å². The fourth-order valence-electron chi connectivity index (χ4n) is 5.23. The van der Waals surface area contributed by atoms with Gasteiger partial charge in [-0.15, -0.1) is 0 Å². The van der Waals surface area contributed by atoms with Crippen LogP contribution in [0.5, 0.6) is 0 Å². The highest BCUT2D eigenvalue weighted by molar-refractivity contribution is 5.05. The van der Waals surface area contributed by atoms with Crippen LogP contribution in [0.2, 0.25) is 0 Å². The molecule has 1 saturated carbocycles. The van der Waals surface area contributed by atoms with E-state index in [0.717, 1.165) is 0 Å². The van der Waals surface area contributed by atoms with E-state index in [-0.39, 0.29) is 6.42 Å². The predicted octanol–water partition coefficient (Wildman–Crippen LogP) is -7.27. The molecular formula is C20H37N3O13. The molecule has 210 valence electrons. The highest BCUT2D eigenvalue weighted by Gasteiger charge is 2.67. The molecule has 36 heavy (non-hydrogen) atoms. The quantitative estimate of drug-likeness (QED) is 0.153. The van der Waals surface area contributed by atoms with Gasteiger partial charge < -0.3 is 81.3 Å². The molecule has 4 fully saturated rings. The summed E-state index contributed by atoms with van der Waals surface area (Å²) in [6.45, 7) is -1.33. The van der Waals surface area contributed by atoms with Gasteiger partial charge in [0.15, 0.2) is 12.4 Å². The van der Waals surface area contributed by atoms with Crippen LogP contribution in [0.3, 0.4) is 0 Å². The van der Waals surface area contributed by atoms with Crippen LogP contribution in [-0.2, 0) is 23.7 Å². The van der Waals surface area contributed by atoms with Crippen molar-refractivity contribution in [3.05, 3.63) is 0 Å². The molecule has 0 aromatic heterocycles. The number of aliphatic hydroxyl groups is 8. The van der Waals surface area contributed by atoms with Crippen molar-refractivity contribution in [2.75, 3.05) is 20.3 Å². The van der Waals surface area contributed by atoms with Gasteiger partial charge in [0.25, 0.3) is 0 Å². The van der Waals surface area contributed by atoms with E-state index in [2.05, 4.69) is 5.32 Å². The number of ether oxygens (including phenoxy) is 5. The lowest BCUT2D eigenvalue weighted by Crippen LogP contribution is -2.69. The summed E-state index contributed by atoms with van der Waals surface area (Å²) in [5, 5.41) is 85.6. The van der Waals surface area contributed by atoms with Crippen molar-refractivity contribution >= 4 is 0 Å². The molecule has 1 aliphatic carbocycles. The number of hydrogen-bond donors (Lipinski definition) is 11. The van der Waals surface area contributed by atoms with Gasteiger partial charge in [0, 0.05) is 12.1 Å². The maximum atomic E-state index is 10.7. The molecule has 3 heterocycles. The molecule has 1 spiro atoms. The number of aliphatic hydroxyl groups excluding tert-OH is 8. The van der Waals surface area contributed by atoms with E-state index in [4.69, 9.17) is 35.2 Å². The summed E-state index contributed by atoms with van der Waals surface area (Å²) in [6.07, 6.45) is -17.7. The Balaban J connectivity index is 1.62. The van der Waals surface area contributed by atoms with Crippen molar-refractivity contribution in [1.29, 1.82) is 0 Å². The lowest BCUT2D eigenvalue weighted by molar-refractivity contribution is -0.439. The van der Waals surface area contributed by atoms with Crippen LogP contribution in [0.1, 0.15) is 6.42 Å². The van der Waals surface area contributed by atoms with Gasteiger partial charge in [0.05, 0.1) is 31.5 Å². The second kappa shape index (κ2) is 10.9. The zero-order chi connectivity index (χ0) is 26.5. The first-order valence-corrected chi connectivity index (χ1v) is 11.8. The minimum atomic E-state index is -2.48. The van der Waals surface area contributed by atoms with Crippen molar-refractivity contribution in [2.24, 2.45) is 11.5 Å². The Kier molecular flexibility index (Phi) is 8.55. The van der Waals surface area contributed by atoms with Crippen LogP contribution in [0, 0.1) is 0 Å². The molecule has 0 unspecified atom stereocenters. The summed E-state index contributed by atoms with van der Waals surface area (Å²) in [5.41, 5.74) is 11.8. The van der Waals surface area contributed by atoms with E-state index in [9.17, 15) is 40.9 Å². The number of fused-ring (bicyclic) bond motifs is 1. The third-order valence-corrected chi connectivity index (χ3v) is 7.42. The Labute approximate surface area is 206 Å². The Bertz CT molecular complexity index is 756. The van der Waals surface area contributed by atoms with Gasteiger partial charge in [-0.3, -0.25) is 0 Å². The molecule has 4 aliphatic rings. The summed E-state index contributed by atoms with van der Waals surface area (Å²) in [6, 6.07) is -2.50. The molecule has 3 saturated heterocycles. The second-order valence-corrected chi connectivity index (χ2v) is 9.72. The summed E-state index contributed by atoms with van der Waals surface area (Å²) in [5.74, 6) is -2.48. The zero-order valence-electron chi connectivity index (χ0n) is 19.6. The third kappa shape index (κ3) is 4.68. The van der Waals surface area contributed by atoms with E-state index in [0.29, 0.717) is 0 Å². The van der Waals surface area contributed by atoms with Crippen LogP contribution in [0.15, 0.2) is 0 Å². The molecule has 0 amide bonds. The summed E-state index contributed by atoms with van der Waals surface area (Å²) >= 11 is 0. The van der Waals surface area contributed by atoms with Crippen molar-refractivity contribution in [3.63, 3.8) is 0 Å². The van der Waals surface area contributed by atoms with Crippen LogP contribution >= 0.6 is 0 Å². The molecule has 13 N–H and O–H groups in total. The number of nitrogens with two attached hydrogens (primary N) is 2. The van der Waals surface area contributed by atoms with Crippen LogP contribution in [-0.4, -0.2) is 159 Å². The highest BCUT2D eigenvalue weighted by Crippen LogP contribution is 2.45. The van der Waals surface area contributed by atoms with Gasteiger partial charge in [0.1, 0.15) is 48.8 Å². The molecule has 0 aromatic carbocycles. The van der Waals surface area contributed by atoms with Crippen molar-refractivity contribution in [3.8, 4) is 0 Å². The molecule has 0 radical (unpaired) electrons. The largest absolute Gasteiger partial charge is 0.395 e. The topological polar surface area (TPSA) is 272 Å². The normalized spacial score (nSPS) is 54.4. The maximum Gasteiger partial charge on any atom is 0.314 e. The minimum absolute atomic E-state index is 0.254. The molecule has 0 aromatic rings. The number of hydrogen-bond acceptors (Lipinski definition) is 16. The van der Waals surface area contributed by atoms with Gasteiger partial charge in [-0.25, -0.2) is 0 Å². The minimum Gasteiger partial charge on any atom is -0.395 e. The molecule has 4 rings (SSSR count). The van der Waals surface area contributed by atoms with Gasteiger partial charge in [0.2, 0.25) is 0 Å². The Hall–Kier alpha value is -0.640. The van der Waals surface area contributed by atoms with Gasteiger partial charge in [-0.1, -0.05) is 0 Å². The molecule has 16 nitrogen and oxygen atoms in total. The number of nitrogens with one attached hydrogen (secondary N) is 1. The molecule has 16 atom stereocenters. The van der Waals surface area contributed by atoms with E-state index >= 15 is 0 Å². The second-order valence-electron chi connectivity index (χ2n) is 9.72. The maximum absolute atomic E-state index is 10.7. The lowest BCUT2D eigenvalue weighted by Gasteiger charge is -2.46. The SMILES string of the molecule is CN[C@@H]1C[C@H](N)[C@H](O)[C@H](O[C@@H]2O[C@H](CO)[C@H](O)[C@@H]3O[C@@]4(O[C@@H]23)O[C@H]([C@H](N)CO)[C@H](O)[C@H](O)[C@@H]4O)[C@@H]1O. The zero-order valence-corrected chi connectivity index (χ0v) is 19.6. The number of rotatable bonds is 6. The fraction of sp³-hybridized carbons (Fsp3) is 1.00. The lowest BCUT2D eigenvalue weighted by atomic mass is 9.84. The Morgan fingerprint density at radius 1 is 0.944 bits per heavy atom. The third-order valence-electron chi connectivity index (χ3n) is 7.42. The van der Waals surface area contributed by atoms with Gasteiger partial charge in [-0.2, -0.15) is 0 Å². The van der Waals surface area contributed by atoms with E-state index in [1.54, 1.807) is 7.05 Å². The van der Waals surface area contributed by atoms with Gasteiger partial charge in [-0.05, 0) is 13.5 Å². The Morgan fingerprint density at radius 3 is 2.22 bits per heavy atom. The van der Waals surface area contributed by atoms with Gasteiger partial charge >= 0.3 is 5.97 Å². The Morgan fingerprint density at radius 2 is 1.61 bits per heavy atom. The first-order valence-electron chi connectivity index (χ1n) is 11.8. The standard InChI is InChI=1S/C20H37N3O13/c1-23-7-2-5(21)9(26)15(10(7)27)33-19-17-16(11(28)8(4-25)32-19)35-20(36-17)18(31)13(30)12(29)14(34-20)6(22)3-24/h5-19,23-31H,2-4,21-22H2,1H3/t5-,6+,7+,8+,9-,10+,11-,12+,13-,14+,15-,16-,17+,18-,19-,20-/m0/s1. The van der Waals surface area contributed by atoms with E-state index in [1.165, 1.54) is 0 Å². The monoisotopic (exact) mass is 527 g/mol. The summed E-state index contributed by atoms with van der Waals surface area (Å²) < 4.78 is 28.7. The molecular weight excluding hydrogens is 490 g/mol. The van der Waals surface area contributed by atoms with Crippen molar-refractivity contribution in [1.82, 2.24) is 5.32 Å². The smallest absolute Gasteiger partial charge is 0.314 e. The first kappa shape index (κ1) is 28.4. The highest BCUT2D eigenvalue weighted by atomic mass is 16.9. The molecule has 3 aliphatic heterocycles. The van der Waals surface area contributed by atoms with Crippen molar-refractivity contribution < 1.29 is 64.5 Å². The van der Waals surface area contributed by atoms with Crippen LogP contribution in [0.25, 0.3) is 0 Å². The van der Waals surface area contributed by atoms with Crippen LogP contribution in [0.4, 0.5) is 0 Å². The molecule has 0 bridgehead atoms. The first-order chi connectivity index (χ1) is 17.0. The predicted molar refractivity (Wildman–Crippen MR) is 115 cm³/mol. The fourth-order valence-corrected chi connectivity index (χ4v) is 5.23. The van der Waals surface area contributed by atoms with Crippen LogP contribution < -0.4 is 16.8 Å². The molecule has 16 heteroatoms. The van der Waals surface area contributed by atoms with E-state index in [1.807, 2.05) is 0 Å². The average molecular weight is 528 g/mol. The summed E-state index contributed by atoms with van der Waals surface area (Å²) in [4.78, 5) is 0.